The van der Waals surface area contributed by atoms with Gasteiger partial charge >= 0.3 is 0 Å². The highest BCUT2D eigenvalue weighted by Crippen LogP contribution is 2.25. The predicted octanol–water partition coefficient (Wildman–Crippen LogP) is 1.52. The van der Waals surface area contributed by atoms with Crippen molar-refractivity contribution in [1.82, 2.24) is 5.23 Å². The van der Waals surface area contributed by atoms with E-state index in [0.29, 0.717) is 0 Å². The molecular weight excluding hydrogens is 170 g/mol. The highest BCUT2D eigenvalue weighted by Gasteiger charge is 2.26. The van der Waals surface area contributed by atoms with Crippen LogP contribution < -0.4 is 0 Å². The van der Waals surface area contributed by atoms with E-state index in [1.165, 1.54) is 20.6 Å². The molecule has 0 heterocycles. The van der Waals surface area contributed by atoms with Crippen molar-refractivity contribution in [3.05, 3.63) is 0 Å². The first kappa shape index (κ1) is 10.5. The van der Waals surface area contributed by atoms with Crippen LogP contribution in [0.5, 0.6) is 0 Å². The van der Waals surface area contributed by atoms with Gasteiger partial charge in [-0.25, -0.2) is 9.68 Å². The molecule has 4 nitrogen and oxygen atoms in total. The van der Waals surface area contributed by atoms with Crippen LogP contribution in [0.25, 0.3) is 0 Å². The van der Waals surface area contributed by atoms with Gasteiger partial charge in [0.1, 0.15) is 0 Å². The third-order valence-corrected chi connectivity index (χ3v) is 2.47. The summed E-state index contributed by atoms with van der Waals surface area (Å²) in [4.78, 5) is 21.2. The highest BCUT2D eigenvalue weighted by atomic mass is 16.9. The molecule has 13 heavy (non-hydrogen) atoms. The minimum absolute atomic E-state index is 0.0512. The number of nitrogens with zero attached hydrogens (tertiary/aromatic N) is 1. The maximum Gasteiger partial charge on any atom is 0.276 e. The van der Waals surface area contributed by atoms with Crippen molar-refractivity contribution >= 4 is 5.91 Å². The molecule has 1 aliphatic carbocycles. The summed E-state index contributed by atoms with van der Waals surface area (Å²) >= 11 is 0. The monoisotopic (exact) mass is 187 g/mol. The zero-order valence-corrected chi connectivity index (χ0v) is 8.28. The number of rotatable bonds is 3. The third kappa shape index (κ3) is 2.67. The van der Waals surface area contributed by atoms with E-state index in [1.54, 1.807) is 0 Å². The summed E-state index contributed by atoms with van der Waals surface area (Å²) in [5, 5.41) is 0.968. The van der Waals surface area contributed by atoms with Gasteiger partial charge in [-0.15, -0.1) is 0 Å². The van der Waals surface area contributed by atoms with Crippen LogP contribution in [0, 0.1) is 5.92 Å². The van der Waals surface area contributed by atoms with E-state index in [1.807, 2.05) is 0 Å². The molecule has 1 rings (SSSR count). The molecule has 0 aromatic heterocycles. The average Bonchev–Trinajstić information content (AvgIpc) is 2.21. The molecule has 0 aromatic carbocycles. The highest BCUT2D eigenvalue weighted by molar-refractivity contribution is 5.76. The summed E-state index contributed by atoms with van der Waals surface area (Å²) in [5.74, 6) is 0.0401. The standard InChI is InChI=1S/C9H17NO3/c1-12-10(13-2)9(11)8-6-4-3-5-7-8/h8H,3-7H2,1-2H3. The summed E-state index contributed by atoms with van der Waals surface area (Å²) in [6.45, 7) is 0. The lowest BCUT2D eigenvalue weighted by Gasteiger charge is -2.24. The Kier molecular flexibility index (Phi) is 4.18. The van der Waals surface area contributed by atoms with Gasteiger partial charge < -0.3 is 0 Å². The van der Waals surface area contributed by atoms with E-state index in [4.69, 9.17) is 9.68 Å². The molecule has 1 saturated carbocycles. The van der Waals surface area contributed by atoms with Crippen LogP contribution in [-0.2, 0) is 14.5 Å². The van der Waals surface area contributed by atoms with Crippen molar-refractivity contribution in [1.29, 1.82) is 0 Å². The van der Waals surface area contributed by atoms with Crippen molar-refractivity contribution in [2.24, 2.45) is 5.92 Å². The number of hydroxylamine groups is 2. The molecule has 0 unspecified atom stereocenters. The van der Waals surface area contributed by atoms with Crippen LogP contribution in [0.2, 0.25) is 0 Å². The molecular formula is C9H17NO3. The van der Waals surface area contributed by atoms with Crippen LogP contribution in [0.15, 0.2) is 0 Å². The van der Waals surface area contributed by atoms with Crippen molar-refractivity contribution < 1.29 is 14.5 Å². The fraction of sp³-hybridized carbons (Fsp3) is 0.889. The fourth-order valence-electron chi connectivity index (χ4n) is 1.75. The second kappa shape index (κ2) is 5.19. The Balaban J connectivity index is 2.44. The zero-order valence-electron chi connectivity index (χ0n) is 8.28. The lowest BCUT2D eigenvalue weighted by Crippen LogP contribution is -2.35. The first-order valence-electron chi connectivity index (χ1n) is 4.71. The number of hydrogen-bond acceptors (Lipinski definition) is 3. The van der Waals surface area contributed by atoms with Gasteiger partial charge in [0, 0.05) is 5.92 Å². The van der Waals surface area contributed by atoms with E-state index in [0.717, 1.165) is 30.9 Å². The number of hydrogen-bond donors (Lipinski definition) is 0. The Hall–Kier alpha value is -0.610. The molecule has 0 saturated heterocycles. The van der Waals surface area contributed by atoms with Crippen LogP contribution in [0.4, 0.5) is 0 Å². The first-order valence-corrected chi connectivity index (χ1v) is 4.71. The molecule has 0 aliphatic heterocycles. The Bertz CT molecular complexity index is 162. The molecule has 0 bridgehead atoms. The average molecular weight is 187 g/mol. The SMILES string of the molecule is CON(OC)C(=O)C1CCCCC1. The van der Waals surface area contributed by atoms with Gasteiger partial charge in [-0.2, -0.15) is 0 Å². The van der Waals surface area contributed by atoms with Gasteiger partial charge in [0.15, 0.2) is 0 Å². The van der Waals surface area contributed by atoms with Gasteiger partial charge in [0.05, 0.1) is 14.2 Å². The van der Waals surface area contributed by atoms with E-state index in [9.17, 15) is 4.79 Å². The van der Waals surface area contributed by atoms with Gasteiger partial charge in [-0.05, 0) is 12.8 Å². The molecule has 0 aromatic rings. The second-order valence-corrected chi connectivity index (χ2v) is 3.30. The van der Waals surface area contributed by atoms with Crippen LogP contribution in [0.1, 0.15) is 32.1 Å². The smallest absolute Gasteiger partial charge is 0.270 e. The summed E-state index contributed by atoms with van der Waals surface area (Å²) in [6.07, 6.45) is 5.43. The van der Waals surface area contributed by atoms with Crippen molar-refractivity contribution in [2.45, 2.75) is 32.1 Å². The number of carbonyl (C=O) groups is 1. The first-order chi connectivity index (χ1) is 6.29. The third-order valence-electron chi connectivity index (χ3n) is 2.47. The molecule has 1 fully saturated rings. The van der Waals surface area contributed by atoms with Gasteiger partial charge in [0.2, 0.25) is 0 Å². The summed E-state index contributed by atoms with van der Waals surface area (Å²) in [7, 11) is 2.87. The van der Waals surface area contributed by atoms with Crippen molar-refractivity contribution in [2.75, 3.05) is 14.2 Å². The van der Waals surface area contributed by atoms with Crippen molar-refractivity contribution in [3.8, 4) is 0 Å². The maximum absolute atomic E-state index is 11.6. The normalized spacial score (nSPS) is 18.6. The number of carbonyl (C=O) groups excluding carboxylic acids is 1. The molecule has 1 aliphatic rings. The Morgan fingerprint density at radius 3 is 2.15 bits per heavy atom. The molecule has 4 heteroatoms. The minimum Gasteiger partial charge on any atom is -0.270 e. The van der Waals surface area contributed by atoms with Crippen LogP contribution in [-0.4, -0.2) is 25.4 Å². The lowest BCUT2D eigenvalue weighted by molar-refractivity contribution is -0.320. The van der Waals surface area contributed by atoms with Crippen LogP contribution in [0.3, 0.4) is 0 Å². The van der Waals surface area contributed by atoms with E-state index in [-0.39, 0.29) is 11.8 Å². The quantitative estimate of drug-likeness (QED) is 0.629. The van der Waals surface area contributed by atoms with Gasteiger partial charge in [-0.3, -0.25) is 4.79 Å². The second-order valence-electron chi connectivity index (χ2n) is 3.30. The Labute approximate surface area is 78.7 Å². The summed E-state index contributed by atoms with van der Waals surface area (Å²) in [6, 6.07) is 0. The van der Waals surface area contributed by atoms with E-state index >= 15 is 0 Å². The molecule has 0 radical (unpaired) electrons. The molecule has 0 atom stereocenters. The minimum atomic E-state index is -0.0512. The predicted molar refractivity (Wildman–Crippen MR) is 47.4 cm³/mol. The summed E-state index contributed by atoms with van der Waals surface area (Å²) < 4.78 is 0. The fourth-order valence-corrected chi connectivity index (χ4v) is 1.75. The zero-order chi connectivity index (χ0) is 9.68. The van der Waals surface area contributed by atoms with E-state index < -0.39 is 0 Å². The van der Waals surface area contributed by atoms with E-state index in [2.05, 4.69) is 0 Å². The molecule has 0 N–H and O–H groups in total. The van der Waals surface area contributed by atoms with Gasteiger partial charge in [-0.1, -0.05) is 24.5 Å². The van der Waals surface area contributed by atoms with Crippen LogP contribution >= 0.6 is 0 Å². The molecule has 76 valence electrons. The van der Waals surface area contributed by atoms with Crippen molar-refractivity contribution in [3.63, 3.8) is 0 Å². The molecule has 0 spiro atoms. The Morgan fingerprint density at radius 2 is 1.69 bits per heavy atom. The molecule has 1 amide bonds. The lowest BCUT2D eigenvalue weighted by atomic mass is 9.89. The number of amides is 1. The summed E-state index contributed by atoms with van der Waals surface area (Å²) in [5.41, 5.74) is 0. The topological polar surface area (TPSA) is 38.8 Å². The Morgan fingerprint density at radius 1 is 1.15 bits per heavy atom. The van der Waals surface area contributed by atoms with Gasteiger partial charge in [0.25, 0.3) is 5.91 Å². The largest absolute Gasteiger partial charge is 0.276 e. The maximum atomic E-state index is 11.6.